The Morgan fingerprint density at radius 3 is 2.25 bits per heavy atom. The highest BCUT2D eigenvalue weighted by Gasteiger charge is 2.17. The minimum Gasteiger partial charge on any atom is -0.427 e. The smallest absolute Gasteiger partial charge is 0.427 e. The van der Waals surface area contributed by atoms with Gasteiger partial charge in [0.05, 0.1) is 0 Å². The van der Waals surface area contributed by atoms with E-state index in [1.807, 2.05) is 0 Å². The first-order valence-electron chi connectivity index (χ1n) is 2.59. The second-order valence-electron chi connectivity index (χ2n) is 1.65. The van der Waals surface area contributed by atoms with E-state index >= 15 is 0 Å². The summed E-state index contributed by atoms with van der Waals surface area (Å²) in [6.45, 7) is 1.80. The molecular weight excluding hydrogens is 105 g/mol. The highest BCUT2D eigenvalue weighted by molar-refractivity contribution is 6.47. The van der Waals surface area contributed by atoms with Gasteiger partial charge in [-0.2, -0.15) is 0 Å². The molecule has 0 heterocycles. The highest BCUT2D eigenvalue weighted by Crippen LogP contribution is 2.06. The summed E-state index contributed by atoms with van der Waals surface area (Å²) in [6, 6.07) is 0. The average molecular weight is 115 g/mol. The maximum absolute atomic E-state index is 8.42. The van der Waals surface area contributed by atoms with Gasteiger partial charge in [-0.15, -0.1) is 0 Å². The summed E-state index contributed by atoms with van der Waals surface area (Å²) < 4.78 is 0. The van der Waals surface area contributed by atoms with Crippen molar-refractivity contribution in [1.82, 2.24) is 0 Å². The molecule has 4 heteroatoms. The molecule has 1 atom stereocenters. The van der Waals surface area contributed by atoms with Crippen LogP contribution in [0.3, 0.4) is 0 Å². The molecule has 0 saturated carbocycles. The molecule has 0 aromatic heterocycles. The first-order valence-corrected chi connectivity index (χ1v) is 2.59. The van der Waals surface area contributed by atoms with Crippen molar-refractivity contribution in [3.05, 3.63) is 0 Å². The van der Waals surface area contributed by atoms with Gasteiger partial charge in [-0.25, -0.2) is 0 Å². The van der Waals surface area contributed by atoms with Gasteiger partial charge in [0.2, 0.25) is 0 Å². The first-order chi connectivity index (χ1) is 3.72. The SMILES string of the molecule is CCC(C=N)B(O)O. The van der Waals surface area contributed by atoms with Gasteiger partial charge >= 0.3 is 7.12 Å². The van der Waals surface area contributed by atoms with Crippen LogP contribution in [-0.4, -0.2) is 23.4 Å². The van der Waals surface area contributed by atoms with Crippen molar-refractivity contribution >= 4 is 13.3 Å². The summed E-state index contributed by atoms with van der Waals surface area (Å²) in [4.78, 5) is 0. The van der Waals surface area contributed by atoms with Crippen molar-refractivity contribution in [2.24, 2.45) is 0 Å². The summed E-state index contributed by atoms with van der Waals surface area (Å²) >= 11 is 0. The van der Waals surface area contributed by atoms with E-state index in [2.05, 4.69) is 0 Å². The molecule has 0 fully saturated rings. The molecule has 0 aliphatic heterocycles. The van der Waals surface area contributed by atoms with Gasteiger partial charge in [-0.3, -0.25) is 0 Å². The summed E-state index contributed by atoms with van der Waals surface area (Å²) in [6.07, 6.45) is 1.64. The summed E-state index contributed by atoms with van der Waals surface area (Å²) in [7, 11) is -1.36. The largest absolute Gasteiger partial charge is 0.460 e. The van der Waals surface area contributed by atoms with Crippen LogP contribution in [0.5, 0.6) is 0 Å². The minimum absolute atomic E-state index is 0.394. The zero-order valence-corrected chi connectivity index (χ0v) is 4.83. The van der Waals surface area contributed by atoms with E-state index in [1.54, 1.807) is 6.92 Å². The molecule has 0 amide bonds. The molecule has 0 aliphatic carbocycles. The topological polar surface area (TPSA) is 64.3 Å². The summed E-state index contributed by atoms with van der Waals surface area (Å²) in [5.41, 5.74) is 0. The van der Waals surface area contributed by atoms with E-state index in [1.165, 1.54) is 0 Å². The van der Waals surface area contributed by atoms with Gasteiger partial charge in [-0.1, -0.05) is 6.92 Å². The van der Waals surface area contributed by atoms with Crippen LogP contribution in [0.4, 0.5) is 0 Å². The third-order valence-electron chi connectivity index (χ3n) is 1.07. The van der Waals surface area contributed by atoms with Crippen LogP contribution in [0.1, 0.15) is 13.3 Å². The Kier molecular flexibility index (Phi) is 3.48. The number of hydrogen-bond acceptors (Lipinski definition) is 3. The molecule has 1 unspecified atom stereocenters. The second-order valence-corrected chi connectivity index (χ2v) is 1.65. The Labute approximate surface area is 49.0 Å². The van der Waals surface area contributed by atoms with Crippen molar-refractivity contribution < 1.29 is 10.0 Å². The number of nitrogens with one attached hydrogen (secondary N) is 1. The third-order valence-corrected chi connectivity index (χ3v) is 1.07. The van der Waals surface area contributed by atoms with E-state index in [4.69, 9.17) is 15.5 Å². The fourth-order valence-corrected chi connectivity index (χ4v) is 0.415. The van der Waals surface area contributed by atoms with Crippen molar-refractivity contribution in [1.29, 1.82) is 5.41 Å². The zero-order chi connectivity index (χ0) is 6.57. The Morgan fingerprint density at radius 2 is 2.25 bits per heavy atom. The first kappa shape index (κ1) is 7.65. The fourth-order valence-electron chi connectivity index (χ4n) is 0.415. The average Bonchev–Trinajstić information content (AvgIpc) is 1.69. The van der Waals surface area contributed by atoms with Gasteiger partial charge in [0.25, 0.3) is 0 Å². The quantitative estimate of drug-likeness (QED) is 0.354. The van der Waals surface area contributed by atoms with E-state index in [0.29, 0.717) is 6.42 Å². The van der Waals surface area contributed by atoms with Gasteiger partial charge < -0.3 is 15.5 Å². The van der Waals surface area contributed by atoms with Crippen molar-refractivity contribution in [2.45, 2.75) is 19.2 Å². The van der Waals surface area contributed by atoms with Crippen molar-refractivity contribution in [3.8, 4) is 0 Å². The molecule has 0 radical (unpaired) electrons. The molecule has 0 rings (SSSR count). The monoisotopic (exact) mass is 115 g/mol. The van der Waals surface area contributed by atoms with Crippen molar-refractivity contribution in [2.75, 3.05) is 0 Å². The van der Waals surface area contributed by atoms with Gasteiger partial charge in [0.15, 0.2) is 0 Å². The van der Waals surface area contributed by atoms with Crippen LogP contribution in [0.15, 0.2) is 0 Å². The lowest BCUT2D eigenvalue weighted by Crippen LogP contribution is -2.20. The van der Waals surface area contributed by atoms with Gasteiger partial charge in [-0.05, 0) is 12.6 Å². The molecule has 0 aromatic rings. The van der Waals surface area contributed by atoms with Crippen LogP contribution < -0.4 is 0 Å². The fraction of sp³-hybridized carbons (Fsp3) is 0.750. The lowest BCUT2D eigenvalue weighted by atomic mass is 9.72. The maximum atomic E-state index is 8.42. The van der Waals surface area contributed by atoms with Crippen LogP contribution in [0, 0.1) is 5.41 Å². The van der Waals surface area contributed by atoms with Crippen LogP contribution in [0.25, 0.3) is 0 Å². The van der Waals surface area contributed by atoms with E-state index in [9.17, 15) is 0 Å². The molecule has 0 aliphatic rings. The molecule has 8 heavy (non-hydrogen) atoms. The molecular formula is C4H10BNO2. The lowest BCUT2D eigenvalue weighted by Gasteiger charge is -2.03. The normalized spacial score (nSPS) is 12.9. The minimum atomic E-state index is -1.36. The molecule has 46 valence electrons. The van der Waals surface area contributed by atoms with Gasteiger partial charge in [0, 0.05) is 5.82 Å². The molecule has 0 spiro atoms. The maximum Gasteiger partial charge on any atom is 0.460 e. The predicted octanol–water partition coefficient (Wildman–Crippen LogP) is -0.111. The lowest BCUT2D eigenvalue weighted by molar-refractivity contribution is 0.397. The Balaban J connectivity index is 3.51. The second kappa shape index (κ2) is 3.63. The molecule has 0 saturated heterocycles. The van der Waals surface area contributed by atoms with E-state index in [-0.39, 0.29) is 0 Å². The third kappa shape index (κ3) is 2.09. The molecule has 3 N–H and O–H groups in total. The summed E-state index contributed by atoms with van der Waals surface area (Å²) in [5, 5.41) is 23.5. The molecule has 3 nitrogen and oxygen atoms in total. The predicted molar refractivity (Wildman–Crippen MR) is 33.0 cm³/mol. The Morgan fingerprint density at radius 1 is 1.75 bits per heavy atom. The van der Waals surface area contributed by atoms with Crippen molar-refractivity contribution in [3.63, 3.8) is 0 Å². The van der Waals surface area contributed by atoms with Crippen LogP contribution >= 0.6 is 0 Å². The zero-order valence-electron chi connectivity index (χ0n) is 4.83. The number of rotatable bonds is 3. The van der Waals surface area contributed by atoms with Crippen LogP contribution in [0.2, 0.25) is 5.82 Å². The summed E-state index contributed by atoms with van der Waals surface area (Å²) in [5.74, 6) is -0.394. The van der Waals surface area contributed by atoms with Crippen LogP contribution in [-0.2, 0) is 0 Å². The van der Waals surface area contributed by atoms with Gasteiger partial charge in [0.1, 0.15) is 0 Å². The number of hydrogen-bond donors (Lipinski definition) is 3. The van der Waals surface area contributed by atoms with E-state index < -0.39 is 12.9 Å². The molecule has 0 aromatic carbocycles. The van der Waals surface area contributed by atoms with E-state index in [0.717, 1.165) is 6.21 Å². The Hall–Kier alpha value is -0.345. The Bertz CT molecular complexity index is 76.4. The highest BCUT2D eigenvalue weighted by atomic mass is 16.4. The molecule has 0 bridgehead atoms. The standard InChI is InChI=1S/C4H10BNO2/c1-2-4(3-6)5(7)8/h3-4,6-8H,2H2,1H3.